The molecule has 1 heterocycles. The third-order valence-corrected chi connectivity index (χ3v) is 6.80. The molecular formula is C14H24N2OS. The van der Waals surface area contributed by atoms with Crippen molar-refractivity contribution >= 4 is 16.9 Å². The van der Waals surface area contributed by atoms with E-state index in [2.05, 4.69) is 31.1 Å². The van der Waals surface area contributed by atoms with Crippen molar-refractivity contribution in [3.05, 3.63) is 0 Å². The van der Waals surface area contributed by atoms with Crippen molar-refractivity contribution < 1.29 is 5.11 Å². The van der Waals surface area contributed by atoms with Crippen LogP contribution in [-0.2, 0) is 0 Å². The summed E-state index contributed by atoms with van der Waals surface area (Å²) >= 11 is 1.73. The molecule has 2 fully saturated rings. The maximum Gasteiger partial charge on any atom is 0.163 e. The Morgan fingerprint density at radius 2 is 2.17 bits per heavy atom. The lowest BCUT2D eigenvalue weighted by molar-refractivity contribution is 0.126. The molecule has 102 valence electrons. The number of aliphatic hydroxyl groups excluding tert-OH is 1. The fourth-order valence-corrected chi connectivity index (χ4v) is 4.76. The summed E-state index contributed by atoms with van der Waals surface area (Å²) in [6.45, 7) is 6.43. The van der Waals surface area contributed by atoms with E-state index < -0.39 is 6.23 Å². The normalized spacial score (nSPS) is 46.8. The quantitative estimate of drug-likeness (QED) is 0.809. The average Bonchev–Trinajstić information content (AvgIpc) is 2.95. The minimum absolute atomic E-state index is 0.167. The Morgan fingerprint density at radius 1 is 1.39 bits per heavy atom. The van der Waals surface area contributed by atoms with Gasteiger partial charge in [-0.05, 0) is 43.9 Å². The monoisotopic (exact) mass is 268 g/mol. The number of aliphatic imine (C=N–C) groups is 1. The Morgan fingerprint density at radius 3 is 2.67 bits per heavy atom. The SMILES string of the molecule is CC(C)[C@]1(C)SC(NC2CC3CCC2C3)=NC1O. The molecular weight excluding hydrogens is 244 g/mol. The Labute approximate surface area is 114 Å². The van der Waals surface area contributed by atoms with Gasteiger partial charge in [0.2, 0.25) is 0 Å². The molecule has 18 heavy (non-hydrogen) atoms. The molecule has 0 spiro atoms. The van der Waals surface area contributed by atoms with Gasteiger partial charge in [-0.25, -0.2) is 4.99 Å². The number of nitrogens with one attached hydrogen (secondary N) is 1. The minimum atomic E-state index is -0.566. The van der Waals surface area contributed by atoms with Gasteiger partial charge in [0, 0.05) is 6.04 Å². The fraction of sp³-hybridized carbons (Fsp3) is 0.929. The first-order chi connectivity index (χ1) is 8.49. The lowest BCUT2D eigenvalue weighted by Crippen LogP contribution is -2.39. The van der Waals surface area contributed by atoms with Crippen molar-refractivity contribution in [1.82, 2.24) is 5.32 Å². The summed E-state index contributed by atoms with van der Waals surface area (Å²) in [5.41, 5.74) is 0. The summed E-state index contributed by atoms with van der Waals surface area (Å²) in [5.74, 6) is 2.21. The molecule has 0 amide bonds. The molecule has 2 N–H and O–H groups in total. The number of thioether (sulfide) groups is 1. The van der Waals surface area contributed by atoms with E-state index in [1.165, 1.54) is 25.7 Å². The van der Waals surface area contributed by atoms with Crippen molar-refractivity contribution in [1.29, 1.82) is 0 Å². The van der Waals surface area contributed by atoms with Crippen molar-refractivity contribution in [2.45, 2.75) is 63.5 Å². The van der Waals surface area contributed by atoms with E-state index in [1.54, 1.807) is 11.8 Å². The molecule has 1 aliphatic heterocycles. The molecule has 0 aromatic rings. The number of rotatable bonds is 2. The Bertz CT molecular complexity index is 371. The van der Waals surface area contributed by atoms with E-state index >= 15 is 0 Å². The number of hydrogen-bond donors (Lipinski definition) is 2. The lowest BCUT2D eigenvalue weighted by Gasteiger charge is -2.30. The highest BCUT2D eigenvalue weighted by atomic mass is 32.2. The van der Waals surface area contributed by atoms with Crippen molar-refractivity contribution in [3.8, 4) is 0 Å². The van der Waals surface area contributed by atoms with Crippen LogP contribution in [0.4, 0.5) is 0 Å². The van der Waals surface area contributed by atoms with Gasteiger partial charge in [-0.2, -0.15) is 0 Å². The van der Waals surface area contributed by atoms with Gasteiger partial charge < -0.3 is 10.4 Å². The number of aliphatic hydroxyl groups is 1. The van der Waals surface area contributed by atoms with E-state index in [-0.39, 0.29) is 4.75 Å². The number of amidine groups is 1. The second-order valence-corrected chi connectivity index (χ2v) is 8.14. The molecule has 0 aromatic heterocycles. The molecule has 3 nitrogen and oxygen atoms in total. The third kappa shape index (κ3) is 1.97. The van der Waals surface area contributed by atoms with Crippen LogP contribution >= 0.6 is 11.8 Å². The molecule has 0 aromatic carbocycles. The van der Waals surface area contributed by atoms with Crippen molar-refractivity contribution in [2.24, 2.45) is 22.7 Å². The highest BCUT2D eigenvalue weighted by Gasteiger charge is 2.45. The van der Waals surface area contributed by atoms with Gasteiger partial charge in [0.15, 0.2) is 11.4 Å². The molecule has 2 saturated carbocycles. The second-order valence-electron chi connectivity index (χ2n) is 6.67. The molecule has 3 aliphatic rings. The minimum Gasteiger partial charge on any atom is -0.370 e. The van der Waals surface area contributed by atoms with Crippen LogP contribution in [0.25, 0.3) is 0 Å². The predicted molar refractivity (Wildman–Crippen MR) is 76.6 cm³/mol. The van der Waals surface area contributed by atoms with E-state index in [0.29, 0.717) is 12.0 Å². The smallest absolute Gasteiger partial charge is 0.163 e. The van der Waals surface area contributed by atoms with E-state index in [1.807, 2.05) is 0 Å². The number of hydrogen-bond acceptors (Lipinski definition) is 4. The van der Waals surface area contributed by atoms with Crippen LogP contribution in [0.2, 0.25) is 0 Å². The summed E-state index contributed by atoms with van der Waals surface area (Å²) in [6.07, 6.45) is 4.95. The molecule has 4 unspecified atom stereocenters. The van der Waals surface area contributed by atoms with Gasteiger partial charge in [-0.1, -0.05) is 32.0 Å². The van der Waals surface area contributed by atoms with Crippen LogP contribution in [0.3, 0.4) is 0 Å². The van der Waals surface area contributed by atoms with Crippen LogP contribution < -0.4 is 5.32 Å². The van der Waals surface area contributed by atoms with Crippen LogP contribution in [0, 0.1) is 17.8 Å². The van der Waals surface area contributed by atoms with Gasteiger partial charge in [-0.15, -0.1) is 0 Å². The van der Waals surface area contributed by atoms with Crippen molar-refractivity contribution in [2.75, 3.05) is 0 Å². The summed E-state index contributed by atoms with van der Waals surface area (Å²) < 4.78 is -0.167. The molecule has 4 heteroatoms. The largest absolute Gasteiger partial charge is 0.370 e. The molecule has 0 radical (unpaired) electrons. The third-order valence-electron chi connectivity index (χ3n) is 5.26. The lowest BCUT2D eigenvalue weighted by atomic mass is 9.95. The van der Waals surface area contributed by atoms with E-state index in [4.69, 9.17) is 0 Å². The number of fused-ring (bicyclic) bond motifs is 2. The van der Waals surface area contributed by atoms with E-state index in [9.17, 15) is 5.11 Å². The van der Waals surface area contributed by atoms with Gasteiger partial charge in [0.05, 0.1) is 4.75 Å². The molecule has 2 bridgehead atoms. The Hall–Kier alpha value is -0.220. The number of nitrogens with zero attached hydrogens (tertiary/aromatic N) is 1. The van der Waals surface area contributed by atoms with Gasteiger partial charge in [0.25, 0.3) is 0 Å². The summed E-state index contributed by atoms with van der Waals surface area (Å²) in [4.78, 5) is 4.43. The van der Waals surface area contributed by atoms with Gasteiger partial charge in [-0.3, -0.25) is 0 Å². The first kappa shape index (κ1) is 12.8. The fourth-order valence-electron chi connectivity index (χ4n) is 3.59. The van der Waals surface area contributed by atoms with Crippen LogP contribution in [0.5, 0.6) is 0 Å². The van der Waals surface area contributed by atoms with E-state index in [0.717, 1.165) is 17.0 Å². The molecule has 0 saturated heterocycles. The highest BCUT2D eigenvalue weighted by molar-refractivity contribution is 8.15. The first-order valence-corrected chi connectivity index (χ1v) is 8.02. The topological polar surface area (TPSA) is 44.6 Å². The maximum absolute atomic E-state index is 10.1. The second kappa shape index (κ2) is 4.41. The summed E-state index contributed by atoms with van der Waals surface area (Å²) in [7, 11) is 0. The zero-order valence-corrected chi connectivity index (χ0v) is 12.3. The van der Waals surface area contributed by atoms with Gasteiger partial charge in [0.1, 0.15) is 0 Å². The predicted octanol–water partition coefficient (Wildman–Crippen LogP) is 2.60. The summed E-state index contributed by atoms with van der Waals surface area (Å²) in [6, 6.07) is 0.608. The molecule has 3 rings (SSSR count). The zero-order valence-electron chi connectivity index (χ0n) is 11.5. The first-order valence-electron chi connectivity index (χ1n) is 7.20. The standard InChI is InChI=1S/C14H24N2OS/c1-8(2)14(3)12(17)16-13(18-14)15-11-7-9-4-5-10(11)6-9/h8-12,17H,4-7H2,1-3H3,(H,15,16)/t9?,10?,11?,12?,14-/m0/s1. The van der Waals surface area contributed by atoms with Gasteiger partial charge >= 0.3 is 0 Å². The summed E-state index contributed by atoms with van der Waals surface area (Å²) in [5, 5.41) is 14.7. The average molecular weight is 268 g/mol. The molecule has 5 atom stereocenters. The molecule has 2 aliphatic carbocycles. The maximum atomic E-state index is 10.1. The Kier molecular flexibility index (Phi) is 3.14. The Balaban J connectivity index is 1.63. The highest BCUT2D eigenvalue weighted by Crippen LogP contribution is 2.46. The zero-order chi connectivity index (χ0) is 12.9. The van der Waals surface area contributed by atoms with Crippen molar-refractivity contribution in [3.63, 3.8) is 0 Å². The van der Waals surface area contributed by atoms with Crippen LogP contribution in [0.1, 0.15) is 46.5 Å². The van der Waals surface area contributed by atoms with Crippen LogP contribution in [0.15, 0.2) is 4.99 Å². The van der Waals surface area contributed by atoms with Crippen LogP contribution in [-0.4, -0.2) is 27.3 Å².